The van der Waals surface area contributed by atoms with Gasteiger partial charge in [-0.3, -0.25) is 0 Å². The quantitative estimate of drug-likeness (QED) is 0.785. The van der Waals surface area contributed by atoms with Crippen molar-refractivity contribution in [1.82, 2.24) is 0 Å². The zero-order valence-electron chi connectivity index (χ0n) is 6.18. The van der Waals surface area contributed by atoms with Gasteiger partial charge in [-0.25, -0.2) is 0 Å². The van der Waals surface area contributed by atoms with Crippen LogP contribution in [-0.2, 0) is 13.4 Å². The highest BCUT2D eigenvalue weighted by atomic mass is 79.9. The summed E-state index contributed by atoms with van der Waals surface area (Å²) in [4.78, 5) is 9.95. The average Bonchev–Trinajstić information content (AvgIpc) is 2.18. The van der Waals surface area contributed by atoms with Gasteiger partial charge in [-0.1, -0.05) is 0 Å². The van der Waals surface area contributed by atoms with Crippen molar-refractivity contribution in [3.63, 3.8) is 0 Å². The Labute approximate surface area is 83.3 Å². The first-order valence-corrected chi connectivity index (χ1v) is 5.14. The third-order valence-electron chi connectivity index (χ3n) is 1.31. The van der Waals surface area contributed by atoms with E-state index in [1.165, 1.54) is 24.3 Å². The topological polar surface area (TPSA) is 72.8 Å². The van der Waals surface area contributed by atoms with E-state index in [9.17, 15) is 13.3 Å². The monoisotopic (exact) mass is 265 g/mol. The van der Waals surface area contributed by atoms with Crippen LogP contribution in [0.2, 0.25) is 0 Å². The second-order valence-electron chi connectivity index (χ2n) is 2.10. The minimum absolute atomic E-state index is 0.0447. The minimum Gasteiger partial charge on any atom is -0.193 e. The molecule has 0 aliphatic carbocycles. The fraction of sp³-hybridized carbons (Fsp3) is 0. The smallest absolute Gasteiger partial charge is 0.193 e. The van der Waals surface area contributed by atoms with Crippen molar-refractivity contribution in [1.29, 1.82) is 0 Å². The molecule has 1 aromatic rings. The lowest BCUT2D eigenvalue weighted by atomic mass is 10.3. The van der Waals surface area contributed by atoms with E-state index in [-0.39, 0.29) is 10.6 Å². The molecule has 0 unspecified atom stereocenters. The Hall–Kier alpha value is -0.790. The summed E-state index contributed by atoms with van der Waals surface area (Å²) in [5.41, 5.74) is 0.161. The van der Waals surface area contributed by atoms with Gasteiger partial charge in [0.15, 0.2) is 0 Å². The Morgan fingerprint density at radius 2 is 1.77 bits per heavy atom. The molecule has 0 spiro atoms. The Morgan fingerprint density at radius 3 is 2.15 bits per heavy atom. The van der Waals surface area contributed by atoms with E-state index in [1.54, 1.807) is 0 Å². The van der Waals surface area contributed by atoms with E-state index >= 15 is 0 Å². The Kier molecular flexibility index (Phi) is 3.12. The molecule has 70 valence electrons. The second kappa shape index (κ2) is 3.95. The molecule has 0 aromatic heterocycles. The molecule has 0 saturated carbocycles. The second-order valence-corrected chi connectivity index (χ2v) is 4.40. The lowest BCUT2D eigenvalue weighted by Gasteiger charge is -1.97. The van der Waals surface area contributed by atoms with Crippen molar-refractivity contribution >= 4 is 32.1 Å². The Balaban J connectivity index is 3.13. The molecule has 0 N–H and O–H groups in total. The number of rotatable bonds is 3. The van der Waals surface area contributed by atoms with Gasteiger partial charge in [0.05, 0.1) is 4.90 Å². The zero-order chi connectivity index (χ0) is 9.90. The molecular weight excluding hydrogens is 262 g/mol. The van der Waals surface area contributed by atoms with E-state index < -0.39 is 10.1 Å². The maximum Gasteiger partial charge on any atom is 0.307 e. The minimum atomic E-state index is -3.75. The summed E-state index contributed by atoms with van der Waals surface area (Å²) in [7, 11) is -3.75. The molecule has 0 radical (unpaired) electrons. The molecule has 0 atom stereocenters. The summed E-state index contributed by atoms with van der Waals surface area (Å²) in [6, 6.07) is 5.03. The molecular formula is C6H4BrNO4S. The molecule has 0 aliphatic heterocycles. The molecule has 0 bridgehead atoms. The summed E-state index contributed by atoms with van der Waals surface area (Å²) < 4.78 is 26.1. The van der Waals surface area contributed by atoms with Gasteiger partial charge >= 0.3 is 10.1 Å². The largest absolute Gasteiger partial charge is 0.307 e. The van der Waals surface area contributed by atoms with Crippen LogP contribution in [0.4, 0.5) is 5.69 Å². The van der Waals surface area contributed by atoms with Crippen molar-refractivity contribution in [2.24, 2.45) is 5.18 Å². The van der Waals surface area contributed by atoms with E-state index in [1.807, 2.05) is 0 Å². The molecule has 13 heavy (non-hydrogen) atoms. The molecule has 0 amide bonds. The van der Waals surface area contributed by atoms with Gasteiger partial charge < -0.3 is 0 Å². The van der Waals surface area contributed by atoms with Crippen molar-refractivity contribution < 1.29 is 11.7 Å². The fourth-order valence-corrected chi connectivity index (χ4v) is 1.71. The summed E-state index contributed by atoms with van der Waals surface area (Å²) in [5.74, 6) is 0. The van der Waals surface area contributed by atoms with E-state index in [0.717, 1.165) is 0 Å². The SMILES string of the molecule is O=Nc1ccc(S(=O)(=O)OBr)cc1. The molecule has 0 aliphatic rings. The number of nitrogens with zero attached hydrogens (tertiary/aromatic N) is 1. The van der Waals surface area contributed by atoms with Gasteiger partial charge in [0.2, 0.25) is 0 Å². The lowest BCUT2D eigenvalue weighted by molar-refractivity contribution is 0.527. The maximum absolute atomic E-state index is 11.0. The maximum atomic E-state index is 11.0. The predicted octanol–water partition coefficient (Wildman–Crippen LogP) is 2.10. The van der Waals surface area contributed by atoms with Crippen LogP contribution in [0.5, 0.6) is 0 Å². The number of halogens is 1. The molecule has 0 fully saturated rings. The highest BCUT2D eigenvalue weighted by molar-refractivity contribution is 9.06. The number of nitroso groups, excluding NO2 is 1. The van der Waals surface area contributed by atoms with E-state index in [4.69, 9.17) is 0 Å². The number of hydrogen-bond acceptors (Lipinski definition) is 5. The van der Waals surface area contributed by atoms with Crippen molar-refractivity contribution in [2.75, 3.05) is 0 Å². The van der Waals surface area contributed by atoms with Crippen LogP contribution in [0.3, 0.4) is 0 Å². The summed E-state index contributed by atoms with van der Waals surface area (Å²) in [6.07, 6.45) is 0. The number of hydrogen-bond donors (Lipinski definition) is 0. The molecule has 5 nitrogen and oxygen atoms in total. The molecule has 1 rings (SSSR count). The Bertz CT molecular complexity index is 399. The summed E-state index contributed by atoms with van der Waals surface area (Å²) in [6.45, 7) is 0. The first-order valence-electron chi connectivity index (χ1n) is 3.09. The number of benzene rings is 1. The predicted molar refractivity (Wildman–Crippen MR) is 49.1 cm³/mol. The summed E-state index contributed by atoms with van der Waals surface area (Å²) >= 11 is 2.37. The zero-order valence-corrected chi connectivity index (χ0v) is 8.58. The third kappa shape index (κ3) is 2.33. The highest BCUT2D eigenvalue weighted by Gasteiger charge is 2.13. The Morgan fingerprint density at radius 1 is 1.23 bits per heavy atom. The summed E-state index contributed by atoms with van der Waals surface area (Å²) in [5, 5.41) is 2.62. The van der Waals surface area contributed by atoms with Crippen molar-refractivity contribution in [3.05, 3.63) is 29.2 Å². The first-order chi connectivity index (χ1) is 6.10. The van der Waals surface area contributed by atoms with E-state index in [0.29, 0.717) is 0 Å². The van der Waals surface area contributed by atoms with Gasteiger partial charge in [-0.15, -0.1) is 4.91 Å². The van der Waals surface area contributed by atoms with Gasteiger partial charge in [0, 0.05) is 0 Å². The average molecular weight is 266 g/mol. The van der Waals surface area contributed by atoms with Crippen LogP contribution in [0.15, 0.2) is 34.3 Å². The van der Waals surface area contributed by atoms with Gasteiger partial charge in [-0.2, -0.15) is 11.7 Å². The molecule has 7 heteroatoms. The first kappa shape index (κ1) is 10.3. The third-order valence-corrected chi connectivity index (χ3v) is 3.37. The van der Waals surface area contributed by atoms with Crippen LogP contribution in [0.25, 0.3) is 0 Å². The standard InChI is InChI=1S/C6H4BrNO4S/c7-12-13(10,11)6-3-1-5(8-9)2-4-6/h1-4H. The lowest BCUT2D eigenvalue weighted by Crippen LogP contribution is -1.98. The normalized spacial score (nSPS) is 11.2. The highest BCUT2D eigenvalue weighted by Crippen LogP contribution is 2.18. The van der Waals surface area contributed by atoms with Gasteiger partial charge in [0.1, 0.15) is 21.9 Å². The fourth-order valence-electron chi connectivity index (χ4n) is 0.710. The van der Waals surface area contributed by atoms with Crippen LogP contribution in [-0.4, -0.2) is 8.42 Å². The van der Waals surface area contributed by atoms with Crippen LogP contribution in [0, 0.1) is 4.91 Å². The van der Waals surface area contributed by atoms with Crippen molar-refractivity contribution in [2.45, 2.75) is 4.90 Å². The van der Waals surface area contributed by atoms with Crippen LogP contribution < -0.4 is 0 Å². The van der Waals surface area contributed by atoms with E-state index in [2.05, 4.69) is 24.7 Å². The molecule has 0 saturated heterocycles. The van der Waals surface area contributed by atoms with Crippen molar-refractivity contribution in [3.8, 4) is 0 Å². The van der Waals surface area contributed by atoms with Gasteiger partial charge in [-0.05, 0) is 29.4 Å². The molecule has 0 heterocycles. The molecule has 1 aromatic carbocycles. The van der Waals surface area contributed by atoms with Gasteiger partial charge in [0.25, 0.3) is 0 Å². The van der Waals surface area contributed by atoms with Crippen LogP contribution >= 0.6 is 16.3 Å². The van der Waals surface area contributed by atoms with Crippen LogP contribution in [0.1, 0.15) is 0 Å².